The van der Waals surface area contributed by atoms with Crippen LogP contribution in [0.1, 0.15) is 157 Å². The maximum atomic E-state index is 13.0. The van der Waals surface area contributed by atoms with Gasteiger partial charge in [-0.05, 0) is 84.9 Å². The zero-order chi connectivity index (χ0) is 81.6. The second kappa shape index (κ2) is 36.1. The Morgan fingerprint density at radius 3 is 1.49 bits per heavy atom. The average Bonchev–Trinajstić information content (AvgIpc) is 0.789. The molecule has 3 N–H and O–H groups in total. The number of allylic oxidation sites excluding steroid dienone is 3. The van der Waals surface area contributed by atoms with Gasteiger partial charge < -0.3 is 61.3 Å². The van der Waals surface area contributed by atoms with Crippen LogP contribution < -0.4 is 64.5 Å². The summed E-state index contributed by atoms with van der Waals surface area (Å²) in [5.41, 5.74) is 4.27. The molecule has 31 heteroatoms. The molecule has 5 aliphatic rings. The third kappa shape index (κ3) is 19.0. The van der Waals surface area contributed by atoms with Crippen molar-refractivity contribution < 1.29 is 68.3 Å². The summed E-state index contributed by atoms with van der Waals surface area (Å²) in [6.45, 7) is 40.1. The monoisotopic (exact) mass is 1530 g/mol. The van der Waals surface area contributed by atoms with Crippen LogP contribution in [0.4, 0.5) is 24.9 Å². The second-order valence-corrected chi connectivity index (χ2v) is 24.8. The van der Waals surface area contributed by atoms with E-state index >= 15 is 0 Å². The fourth-order valence-electron chi connectivity index (χ4n) is 12.2. The molecule has 0 aliphatic carbocycles. The zero-order valence-corrected chi connectivity index (χ0v) is 62.6. The third-order valence-corrected chi connectivity index (χ3v) is 17.7. The number of alkyl halides is 3. The maximum absolute atomic E-state index is 13.0. The number of halogens is 3. The van der Waals surface area contributed by atoms with Gasteiger partial charge in [0.1, 0.15) is 58.6 Å². The molecule has 0 fully saturated rings. The SMILES string of the molecule is C=C1Cc2oc(=O)cc(CC)c2C(=O)N1C.C=C1Cc2oc(=O)cc(CC)c2C(=O)N1CC.C=C1NC(=O)c2c(CC)cc(=O)oc2N1C.C=CCN1C(=C)NC(=O)c2c(CC)cc(=O)oc21.C=CCOC1=NC(=C)Cc2oc(=O)cc(CC)c21.CCc1cc(=O)oc2nc(OCc3ccccc3C(F)(F)F)[nH]c(=O)c12. The van der Waals surface area contributed by atoms with Crippen LogP contribution in [-0.4, -0.2) is 83.1 Å². The Balaban J connectivity index is 0.000000169. The largest absolute Gasteiger partial charge is 0.473 e. The predicted molar refractivity (Wildman–Crippen MR) is 407 cm³/mol. The van der Waals surface area contributed by atoms with E-state index in [4.69, 9.17) is 36.0 Å². The summed E-state index contributed by atoms with van der Waals surface area (Å²) in [6.07, 6.45) is 3.63. The fourth-order valence-corrected chi connectivity index (χ4v) is 12.2. The number of anilines is 2. The highest BCUT2D eigenvalue weighted by Crippen LogP contribution is 2.34. The Kier molecular flexibility index (Phi) is 27.1. The molecule has 0 saturated carbocycles. The summed E-state index contributed by atoms with van der Waals surface area (Å²) in [6, 6.07) is 12.7. The molecule has 1 aromatic carbocycles. The Morgan fingerprint density at radius 1 is 0.505 bits per heavy atom. The van der Waals surface area contributed by atoms with Gasteiger partial charge in [-0.2, -0.15) is 18.2 Å². The number of hydrogen-bond donors (Lipinski definition) is 3. The number of aromatic amines is 1. The van der Waals surface area contributed by atoms with Crippen LogP contribution in [0, 0.1) is 0 Å². The van der Waals surface area contributed by atoms with Crippen molar-refractivity contribution in [3.63, 3.8) is 0 Å². The molecule has 0 bridgehead atoms. The highest BCUT2D eigenvalue weighted by molar-refractivity contribution is 6.04. The zero-order valence-electron chi connectivity index (χ0n) is 62.6. The van der Waals surface area contributed by atoms with Gasteiger partial charge >= 0.3 is 39.9 Å². The molecule has 0 spiro atoms. The minimum Gasteiger partial charge on any atom is -0.473 e. The van der Waals surface area contributed by atoms with E-state index in [0.717, 1.165) is 34.7 Å². The number of nitrogens with zero attached hydrogens (tertiary/aromatic N) is 6. The molecule has 0 atom stereocenters. The van der Waals surface area contributed by atoms with Crippen LogP contribution in [0.15, 0.2) is 213 Å². The van der Waals surface area contributed by atoms with Crippen molar-refractivity contribution in [2.24, 2.45) is 4.99 Å². The van der Waals surface area contributed by atoms with Gasteiger partial charge in [0.15, 0.2) is 0 Å². The van der Waals surface area contributed by atoms with E-state index < -0.39 is 52.0 Å². The van der Waals surface area contributed by atoms with Crippen molar-refractivity contribution in [1.29, 1.82) is 0 Å². The van der Waals surface area contributed by atoms with E-state index in [9.17, 15) is 65.9 Å². The molecule has 13 rings (SSSR count). The fraction of sp³-hybridized carbons (Fsp3) is 0.287. The highest BCUT2D eigenvalue weighted by atomic mass is 19.4. The molecule has 0 unspecified atom stereocenters. The number of hydrogen-bond acceptors (Lipinski definition) is 23. The smallest absolute Gasteiger partial charge is 0.416 e. The number of H-pyrrole nitrogens is 1. The molecule has 4 amide bonds. The number of ether oxygens (including phenoxy) is 2. The Hall–Kier alpha value is -13.2. The first-order valence-electron chi connectivity index (χ1n) is 34.9. The van der Waals surface area contributed by atoms with Gasteiger partial charge in [0.05, 0.1) is 22.3 Å². The first-order valence-corrected chi connectivity index (χ1v) is 34.9. The van der Waals surface area contributed by atoms with Crippen LogP contribution in [0.25, 0.3) is 11.1 Å². The lowest BCUT2D eigenvalue weighted by Gasteiger charge is -2.30. The van der Waals surface area contributed by atoms with E-state index in [1.165, 1.54) is 59.5 Å². The average molecular weight is 1530 g/mol. The summed E-state index contributed by atoms with van der Waals surface area (Å²) >= 11 is 0. The molecule has 7 aromatic heterocycles. The number of carbonyl (C=O) groups is 4. The van der Waals surface area contributed by atoms with Crippen molar-refractivity contribution in [2.75, 3.05) is 43.6 Å². The number of aromatic nitrogens is 2. The minimum atomic E-state index is -4.53. The number of amides is 4. The van der Waals surface area contributed by atoms with Gasteiger partial charge in [-0.1, -0.05) is 111 Å². The van der Waals surface area contributed by atoms with Gasteiger partial charge in [-0.3, -0.25) is 33.9 Å². The molecule has 5 aliphatic heterocycles. The van der Waals surface area contributed by atoms with Gasteiger partial charge in [-0.15, -0.1) is 6.58 Å². The van der Waals surface area contributed by atoms with E-state index in [1.807, 2.05) is 41.5 Å². The molecular formula is C80H82F3N9O19. The van der Waals surface area contributed by atoms with Gasteiger partial charge in [-0.25, -0.2) is 33.8 Å². The molecule has 582 valence electrons. The van der Waals surface area contributed by atoms with Crippen LogP contribution >= 0.6 is 0 Å². The number of carbonyl (C=O) groups excluding carboxylic acids is 4. The van der Waals surface area contributed by atoms with E-state index in [-0.39, 0.29) is 63.7 Å². The molecule has 28 nitrogen and oxygen atoms in total. The Morgan fingerprint density at radius 2 is 0.964 bits per heavy atom. The Bertz CT molecular complexity index is 5570. The van der Waals surface area contributed by atoms with Crippen LogP contribution in [0.5, 0.6) is 6.01 Å². The molecular weight excluding hydrogens is 1450 g/mol. The minimum absolute atomic E-state index is 0.107. The molecule has 8 aromatic rings. The maximum Gasteiger partial charge on any atom is 0.416 e. The van der Waals surface area contributed by atoms with Gasteiger partial charge in [0, 0.05) is 106 Å². The first kappa shape index (κ1) is 83.4. The molecule has 111 heavy (non-hydrogen) atoms. The lowest BCUT2D eigenvalue weighted by molar-refractivity contribution is -0.138. The molecule has 0 saturated heterocycles. The van der Waals surface area contributed by atoms with Crippen LogP contribution in [-0.2, 0) is 75.3 Å². The van der Waals surface area contributed by atoms with Crippen molar-refractivity contribution in [2.45, 2.75) is 119 Å². The summed E-state index contributed by atoms with van der Waals surface area (Å²) < 4.78 is 80.2. The van der Waals surface area contributed by atoms with Crippen LogP contribution in [0.2, 0.25) is 0 Å². The number of aliphatic imine (C=N–C) groups is 1. The van der Waals surface area contributed by atoms with E-state index in [0.29, 0.717) is 162 Å². The van der Waals surface area contributed by atoms with Crippen molar-refractivity contribution in [1.82, 2.24) is 30.4 Å². The number of nitrogens with one attached hydrogen (secondary N) is 3. The van der Waals surface area contributed by atoms with Gasteiger partial charge in [0.2, 0.25) is 23.4 Å². The number of aryl methyl sites for hydroxylation is 6. The van der Waals surface area contributed by atoms with Crippen molar-refractivity contribution >= 4 is 52.4 Å². The third-order valence-electron chi connectivity index (χ3n) is 17.7. The highest BCUT2D eigenvalue weighted by Gasteiger charge is 2.36. The summed E-state index contributed by atoms with van der Waals surface area (Å²) in [7, 11) is 3.36. The lowest BCUT2D eigenvalue weighted by Crippen LogP contribution is -2.42. The summed E-state index contributed by atoms with van der Waals surface area (Å²) in [4.78, 5) is 145. The second-order valence-electron chi connectivity index (χ2n) is 24.8. The summed E-state index contributed by atoms with van der Waals surface area (Å²) in [5.74, 6) is 2.39. The predicted octanol–water partition coefficient (Wildman–Crippen LogP) is 10.6. The number of benzene rings is 1. The van der Waals surface area contributed by atoms with Crippen molar-refractivity contribution in [3.05, 3.63) is 310 Å². The summed E-state index contributed by atoms with van der Waals surface area (Å²) in [5, 5.41) is 5.36. The standard InChI is InChI=1S/C17H13F3N2O4.C14H15NO3.C13H14N2O3.C13H15NO3.C12H13NO3.C11H12N2O3/c1-2-9-7-12(23)26-15-13(9)14(24)21-16(22-15)25-8-10-5-3-4-6-11(10)17(18,19)20;1-4-6-17-14-13-10(5-2)8-12(16)18-11(13)7-9(3)15-14;1-4-6-15-8(3)14-12(17)11-9(5-2)7-10(16)18-13(11)15;1-4-9-7-11(15)17-10-6-8(3)14(5-2)13(16)12(9)10;1-4-8-6-10(14)16-9-5-7(2)13(3)12(15)11(8)9;1-4-7-5-8(14)16-11-9(7)10(15)12-6(2)13(11)3/h3-7H,2,8H2,1H3,(H,21,22,24);4,8H,1,3,5-7H2,2H3;4,7H,1,3,5-6H2,2H3,(H,14,17);7H,3-6H2,1-2H3;6H,2,4-5H2,1,3H3;5H,2,4H2,1,3H3,(H,12,15). The van der Waals surface area contributed by atoms with E-state index in [1.54, 1.807) is 47.9 Å². The van der Waals surface area contributed by atoms with Crippen molar-refractivity contribution in [3.8, 4) is 6.01 Å². The molecule has 12 heterocycles. The van der Waals surface area contributed by atoms with E-state index in [2.05, 4.69) is 71.6 Å². The Labute approximate surface area is 632 Å². The first-order chi connectivity index (χ1) is 52.7. The quantitative estimate of drug-likeness (QED) is 0.0851. The topological polar surface area (TPSA) is 363 Å². The number of likely N-dealkylation sites (N-methyl/N-ethyl adjacent to an activating group) is 2. The van der Waals surface area contributed by atoms with Gasteiger partial charge in [0.25, 0.3) is 35.2 Å². The number of fused-ring (bicyclic) bond motifs is 6. The normalized spacial score (nSPS) is 13.9. The lowest BCUT2D eigenvalue weighted by atomic mass is 9.97. The van der Waals surface area contributed by atoms with Crippen LogP contribution in [0.3, 0.4) is 0 Å². The molecule has 0 radical (unpaired) electrons. The number of rotatable bonds is 14.